The van der Waals surface area contributed by atoms with Gasteiger partial charge in [0.2, 0.25) is 0 Å². The monoisotopic (exact) mass is 381 g/mol. The molecular weight excluding hydrogens is 358 g/mol. The SMILES string of the molecule is C=C(COC(C)=O)[C@@H]1C(C(C#N)(C#N)CC#CCOC(C)=O)=C[C@H]2CCC1N2. The fourth-order valence-electron chi connectivity index (χ4n) is 3.65. The lowest BCUT2D eigenvalue weighted by molar-refractivity contribution is -0.140. The van der Waals surface area contributed by atoms with E-state index in [4.69, 9.17) is 9.47 Å². The molecule has 0 aliphatic carbocycles. The van der Waals surface area contributed by atoms with Crippen LogP contribution in [0.2, 0.25) is 0 Å². The molecule has 0 radical (unpaired) electrons. The van der Waals surface area contributed by atoms with Crippen LogP contribution >= 0.6 is 0 Å². The number of rotatable bonds is 6. The van der Waals surface area contributed by atoms with Crippen molar-refractivity contribution >= 4 is 11.9 Å². The molecular formula is C21H23N3O4. The molecule has 0 aromatic heterocycles. The Hall–Kier alpha value is -3.08. The molecule has 2 rings (SSSR count). The standard InChI is InChI=1S/C21H23N3O4/c1-14(11-28-16(3)26)20-18(10-17-6-7-19(20)24-17)21(12-22,13-23)8-4-5-9-27-15(2)25/h10,17,19-20,24H,1,6-9,11H2,2-3H3/t17-,19?,20-/m1/s1. The molecule has 28 heavy (non-hydrogen) atoms. The Balaban J connectivity index is 2.30. The van der Waals surface area contributed by atoms with E-state index in [-0.39, 0.29) is 37.6 Å². The van der Waals surface area contributed by atoms with Gasteiger partial charge in [0.25, 0.3) is 0 Å². The maximum atomic E-state index is 11.2. The van der Waals surface area contributed by atoms with E-state index < -0.39 is 17.4 Å². The molecule has 2 heterocycles. The maximum absolute atomic E-state index is 11.2. The van der Waals surface area contributed by atoms with Gasteiger partial charge in [0.1, 0.15) is 6.61 Å². The number of fused-ring (bicyclic) bond motifs is 2. The van der Waals surface area contributed by atoms with Crippen LogP contribution in [0.3, 0.4) is 0 Å². The summed E-state index contributed by atoms with van der Waals surface area (Å²) in [6.45, 7) is 6.61. The summed E-state index contributed by atoms with van der Waals surface area (Å²) >= 11 is 0. The molecule has 0 aromatic rings. The summed E-state index contributed by atoms with van der Waals surface area (Å²) in [4.78, 5) is 22.0. The first-order chi connectivity index (χ1) is 13.3. The van der Waals surface area contributed by atoms with Gasteiger partial charge in [-0.2, -0.15) is 10.5 Å². The first kappa shape index (κ1) is 21.2. The predicted molar refractivity (Wildman–Crippen MR) is 100.0 cm³/mol. The second-order valence-electron chi connectivity index (χ2n) is 6.93. The van der Waals surface area contributed by atoms with Crippen molar-refractivity contribution < 1.29 is 19.1 Å². The normalized spacial score (nSPS) is 22.6. The van der Waals surface area contributed by atoms with Crippen LogP contribution < -0.4 is 5.32 Å². The van der Waals surface area contributed by atoms with Crippen LogP contribution in [0.15, 0.2) is 23.8 Å². The largest absolute Gasteiger partial charge is 0.461 e. The minimum atomic E-state index is -1.45. The van der Waals surface area contributed by atoms with E-state index in [1.165, 1.54) is 13.8 Å². The summed E-state index contributed by atoms with van der Waals surface area (Å²) in [6, 6.07) is 4.40. The first-order valence-corrected chi connectivity index (χ1v) is 9.04. The third kappa shape index (κ3) is 4.80. The molecule has 1 N–H and O–H groups in total. The average molecular weight is 381 g/mol. The summed E-state index contributed by atoms with van der Waals surface area (Å²) < 4.78 is 9.85. The Kier molecular flexibility index (Phi) is 6.99. The first-order valence-electron chi connectivity index (χ1n) is 9.04. The molecule has 2 bridgehead atoms. The summed E-state index contributed by atoms with van der Waals surface area (Å²) in [5.41, 5.74) is -0.152. The van der Waals surface area contributed by atoms with Gasteiger partial charge in [-0.25, -0.2) is 0 Å². The van der Waals surface area contributed by atoms with Gasteiger partial charge in [-0.3, -0.25) is 9.59 Å². The van der Waals surface area contributed by atoms with E-state index in [0.29, 0.717) is 11.1 Å². The van der Waals surface area contributed by atoms with E-state index in [9.17, 15) is 20.1 Å². The van der Waals surface area contributed by atoms with Crippen LogP contribution in [0.25, 0.3) is 0 Å². The Morgan fingerprint density at radius 2 is 1.89 bits per heavy atom. The number of hydrogen-bond acceptors (Lipinski definition) is 7. The summed E-state index contributed by atoms with van der Waals surface area (Å²) in [7, 11) is 0. The Morgan fingerprint density at radius 3 is 2.50 bits per heavy atom. The van der Waals surface area contributed by atoms with Crippen molar-refractivity contribution in [2.45, 2.75) is 45.2 Å². The van der Waals surface area contributed by atoms with Crippen molar-refractivity contribution in [2.75, 3.05) is 13.2 Å². The van der Waals surface area contributed by atoms with Gasteiger partial charge in [-0.15, -0.1) is 0 Å². The fourth-order valence-corrected chi connectivity index (χ4v) is 3.65. The van der Waals surface area contributed by atoms with Gasteiger partial charge in [-0.1, -0.05) is 24.5 Å². The molecule has 1 fully saturated rings. The highest BCUT2D eigenvalue weighted by Gasteiger charge is 2.47. The van der Waals surface area contributed by atoms with Crippen molar-refractivity contribution in [3.8, 4) is 24.0 Å². The van der Waals surface area contributed by atoms with Gasteiger partial charge in [-0.05, 0) is 24.0 Å². The highest BCUT2D eigenvalue weighted by atomic mass is 16.5. The number of ether oxygens (including phenoxy) is 2. The molecule has 2 aliphatic heterocycles. The minimum Gasteiger partial charge on any atom is -0.461 e. The minimum absolute atomic E-state index is 0.0100. The summed E-state index contributed by atoms with van der Waals surface area (Å²) in [5.74, 6) is 4.31. The van der Waals surface area contributed by atoms with Crippen LogP contribution in [-0.4, -0.2) is 37.2 Å². The van der Waals surface area contributed by atoms with Crippen LogP contribution in [-0.2, 0) is 19.1 Å². The third-order valence-corrected chi connectivity index (χ3v) is 4.94. The molecule has 0 spiro atoms. The number of hydrogen-bond donors (Lipinski definition) is 1. The molecule has 0 saturated carbocycles. The van der Waals surface area contributed by atoms with E-state index >= 15 is 0 Å². The van der Waals surface area contributed by atoms with Crippen molar-refractivity contribution in [3.05, 3.63) is 23.8 Å². The highest BCUT2D eigenvalue weighted by molar-refractivity contribution is 5.66. The van der Waals surface area contributed by atoms with Gasteiger partial charge < -0.3 is 14.8 Å². The fraction of sp³-hybridized carbons (Fsp3) is 0.524. The van der Waals surface area contributed by atoms with Gasteiger partial charge in [0.15, 0.2) is 12.0 Å². The van der Waals surface area contributed by atoms with E-state index in [1.54, 1.807) is 0 Å². The zero-order chi connectivity index (χ0) is 20.7. The number of carbonyl (C=O) groups is 2. The molecule has 146 valence electrons. The third-order valence-electron chi connectivity index (χ3n) is 4.94. The zero-order valence-corrected chi connectivity index (χ0v) is 16.1. The molecule has 1 unspecified atom stereocenters. The smallest absolute Gasteiger partial charge is 0.303 e. The number of carbonyl (C=O) groups excluding carboxylic acids is 2. The average Bonchev–Trinajstić information content (AvgIpc) is 3.03. The molecule has 1 saturated heterocycles. The van der Waals surface area contributed by atoms with E-state index in [1.807, 2.05) is 6.08 Å². The lowest BCUT2D eigenvalue weighted by Crippen LogP contribution is -2.44. The Bertz CT molecular complexity index is 820. The molecule has 2 aliphatic rings. The Labute approximate surface area is 165 Å². The van der Waals surface area contributed by atoms with Crippen molar-refractivity contribution in [2.24, 2.45) is 11.3 Å². The topological polar surface area (TPSA) is 112 Å². The predicted octanol–water partition coefficient (Wildman–Crippen LogP) is 1.77. The van der Waals surface area contributed by atoms with Gasteiger partial charge >= 0.3 is 11.9 Å². The Morgan fingerprint density at radius 1 is 1.21 bits per heavy atom. The van der Waals surface area contributed by atoms with Gasteiger partial charge in [0.05, 0.1) is 12.1 Å². The number of esters is 2. The van der Waals surface area contributed by atoms with Crippen molar-refractivity contribution in [3.63, 3.8) is 0 Å². The highest BCUT2D eigenvalue weighted by Crippen LogP contribution is 2.45. The molecule has 7 nitrogen and oxygen atoms in total. The van der Waals surface area contributed by atoms with Crippen molar-refractivity contribution in [1.29, 1.82) is 10.5 Å². The van der Waals surface area contributed by atoms with Gasteiger partial charge in [0, 0.05) is 38.3 Å². The number of nitrogens with zero attached hydrogens (tertiary/aromatic N) is 2. The second-order valence-corrected chi connectivity index (χ2v) is 6.93. The van der Waals surface area contributed by atoms with Crippen LogP contribution in [0, 0.1) is 45.8 Å². The lowest BCUT2D eigenvalue weighted by Gasteiger charge is -2.37. The number of nitrogens with one attached hydrogen (secondary N) is 1. The number of nitriles is 2. The van der Waals surface area contributed by atoms with E-state index in [2.05, 4.69) is 35.9 Å². The van der Waals surface area contributed by atoms with Crippen molar-refractivity contribution in [1.82, 2.24) is 5.32 Å². The van der Waals surface area contributed by atoms with E-state index in [0.717, 1.165) is 12.8 Å². The maximum Gasteiger partial charge on any atom is 0.303 e. The molecule has 0 aromatic carbocycles. The quantitative estimate of drug-likeness (QED) is 0.424. The molecule has 3 atom stereocenters. The van der Waals surface area contributed by atoms with Crippen LogP contribution in [0.1, 0.15) is 33.1 Å². The van der Waals surface area contributed by atoms with Crippen LogP contribution in [0.5, 0.6) is 0 Å². The second kappa shape index (κ2) is 9.22. The summed E-state index contributed by atoms with van der Waals surface area (Å²) in [5, 5.41) is 23.2. The molecule has 7 heteroatoms. The molecule has 0 amide bonds. The van der Waals surface area contributed by atoms with Crippen LogP contribution in [0.4, 0.5) is 0 Å². The lowest BCUT2D eigenvalue weighted by atomic mass is 9.68. The summed E-state index contributed by atoms with van der Waals surface area (Å²) in [6.07, 6.45) is 3.69. The zero-order valence-electron chi connectivity index (χ0n) is 16.1.